The number of hydrogen-bond donors (Lipinski definition) is 1. The van der Waals surface area contributed by atoms with Gasteiger partial charge in [-0.2, -0.15) is 10.2 Å². The number of carbonyl (C=O) groups is 1. The number of aromatic nitrogens is 4. The molecule has 0 bridgehead atoms. The van der Waals surface area contributed by atoms with Crippen molar-refractivity contribution >= 4 is 17.6 Å². The third-order valence-corrected chi connectivity index (χ3v) is 4.75. The maximum absolute atomic E-state index is 12.6. The molecule has 2 aromatic rings. The summed E-state index contributed by atoms with van der Waals surface area (Å²) in [5.74, 6) is 0.863. The number of amides is 1. The zero-order valence-electron chi connectivity index (χ0n) is 17.2. The number of piperazine rings is 1. The van der Waals surface area contributed by atoms with Crippen LogP contribution in [0.25, 0.3) is 0 Å². The molecular formula is C19H30N8O. The van der Waals surface area contributed by atoms with Gasteiger partial charge in [-0.25, -0.2) is 0 Å². The lowest BCUT2D eigenvalue weighted by Gasteiger charge is -2.35. The smallest absolute Gasteiger partial charge is 0.246 e. The van der Waals surface area contributed by atoms with Crippen molar-refractivity contribution in [1.82, 2.24) is 29.8 Å². The number of anilines is 1. The average Bonchev–Trinajstić information content (AvgIpc) is 3.22. The summed E-state index contributed by atoms with van der Waals surface area (Å²) in [6.07, 6.45) is 4.50. The van der Waals surface area contributed by atoms with Crippen LogP contribution in [0.2, 0.25) is 0 Å². The van der Waals surface area contributed by atoms with E-state index in [0.717, 1.165) is 43.4 Å². The Balaban J connectivity index is 1.56. The van der Waals surface area contributed by atoms with E-state index in [9.17, 15) is 4.79 Å². The molecule has 0 saturated carbocycles. The average molecular weight is 387 g/mol. The summed E-state index contributed by atoms with van der Waals surface area (Å²) in [6.45, 7) is 10.1. The number of aliphatic imine (C=N–C) groups is 1. The summed E-state index contributed by atoms with van der Waals surface area (Å²) < 4.78 is 3.73. The van der Waals surface area contributed by atoms with Crippen LogP contribution in [0, 0.1) is 13.8 Å². The van der Waals surface area contributed by atoms with Gasteiger partial charge < -0.3 is 15.1 Å². The number of aryl methyl sites for hydroxylation is 4. The molecule has 1 amide bonds. The Bertz CT molecular complexity index is 837. The molecule has 1 fully saturated rings. The summed E-state index contributed by atoms with van der Waals surface area (Å²) in [5, 5.41) is 12.0. The lowest BCUT2D eigenvalue weighted by molar-refractivity contribution is -0.120. The minimum atomic E-state index is 0.0625. The zero-order valence-corrected chi connectivity index (χ0v) is 17.2. The molecule has 2 aromatic heterocycles. The van der Waals surface area contributed by atoms with Crippen molar-refractivity contribution < 1.29 is 4.79 Å². The summed E-state index contributed by atoms with van der Waals surface area (Å²) >= 11 is 0. The number of hydrogen-bond acceptors (Lipinski definition) is 4. The Morgan fingerprint density at radius 3 is 2.75 bits per heavy atom. The molecule has 9 heteroatoms. The van der Waals surface area contributed by atoms with Crippen molar-refractivity contribution in [3.05, 3.63) is 29.8 Å². The van der Waals surface area contributed by atoms with Gasteiger partial charge in [0.1, 0.15) is 6.54 Å². The van der Waals surface area contributed by atoms with Crippen LogP contribution in [0.15, 0.2) is 23.5 Å². The largest absolute Gasteiger partial charge is 0.357 e. The van der Waals surface area contributed by atoms with E-state index in [1.807, 2.05) is 36.7 Å². The van der Waals surface area contributed by atoms with Crippen molar-refractivity contribution in [2.24, 2.45) is 12.0 Å². The van der Waals surface area contributed by atoms with E-state index in [1.165, 1.54) is 5.69 Å². The van der Waals surface area contributed by atoms with Crippen LogP contribution in [-0.2, 0) is 18.4 Å². The minimum Gasteiger partial charge on any atom is -0.357 e. The van der Waals surface area contributed by atoms with Crippen molar-refractivity contribution in [2.45, 2.75) is 33.7 Å². The Kier molecular flexibility index (Phi) is 6.33. The molecule has 9 nitrogen and oxygen atoms in total. The van der Waals surface area contributed by atoms with Crippen molar-refractivity contribution in [1.29, 1.82) is 0 Å². The third kappa shape index (κ3) is 4.71. The maximum atomic E-state index is 12.6. The first-order chi connectivity index (χ1) is 13.5. The summed E-state index contributed by atoms with van der Waals surface area (Å²) in [7, 11) is 1.85. The molecule has 0 spiro atoms. The molecule has 1 aliphatic heterocycles. The first kappa shape index (κ1) is 19.9. The lowest BCUT2D eigenvalue weighted by Crippen LogP contribution is -2.55. The molecule has 0 aromatic carbocycles. The topological polar surface area (TPSA) is 83.6 Å². The van der Waals surface area contributed by atoms with E-state index in [0.29, 0.717) is 19.6 Å². The molecule has 3 heterocycles. The first-order valence-corrected chi connectivity index (χ1v) is 9.81. The first-order valence-electron chi connectivity index (χ1n) is 9.81. The van der Waals surface area contributed by atoms with Gasteiger partial charge in [0, 0.05) is 51.7 Å². The van der Waals surface area contributed by atoms with E-state index in [-0.39, 0.29) is 5.91 Å². The van der Waals surface area contributed by atoms with Crippen molar-refractivity contribution in [2.75, 3.05) is 37.6 Å². The zero-order chi connectivity index (χ0) is 20.1. The maximum Gasteiger partial charge on any atom is 0.246 e. The molecule has 0 atom stereocenters. The second kappa shape index (κ2) is 8.90. The van der Waals surface area contributed by atoms with Gasteiger partial charge in [-0.15, -0.1) is 0 Å². The normalized spacial score (nSPS) is 15.4. The summed E-state index contributed by atoms with van der Waals surface area (Å²) in [4.78, 5) is 21.2. The molecule has 0 aliphatic carbocycles. The van der Waals surface area contributed by atoms with Crippen LogP contribution in [0.4, 0.5) is 5.69 Å². The second-order valence-corrected chi connectivity index (χ2v) is 7.08. The lowest BCUT2D eigenvalue weighted by atomic mass is 10.3. The molecular weight excluding hydrogens is 356 g/mol. The van der Waals surface area contributed by atoms with E-state index in [2.05, 4.69) is 28.5 Å². The highest BCUT2D eigenvalue weighted by Gasteiger charge is 2.27. The van der Waals surface area contributed by atoms with E-state index in [4.69, 9.17) is 4.99 Å². The predicted octanol–water partition coefficient (Wildman–Crippen LogP) is 0.938. The van der Waals surface area contributed by atoms with Crippen LogP contribution in [0.3, 0.4) is 0 Å². The highest BCUT2D eigenvalue weighted by atomic mass is 16.2. The van der Waals surface area contributed by atoms with Crippen LogP contribution >= 0.6 is 0 Å². The molecule has 152 valence electrons. The Morgan fingerprint density at radius 1 is 1.32 bits per heavy atom. The predicted molar refractivity (Wildman–Crippen MR) is 109 cm³/mol. The van der Waals surface area contributed by atoms with Crippen LogP contribution < -0.4 is 10.2 Å². The highest BCUT2D eigenvalue weighted by Crippen LogP contribution is 2.16. The van der Waals surface area contributed by atoms with Gasteiger partial charge in [0.05, 0.1) is 17.6 Å². The standard InChI is InChI=1S/C19H30N8O/c1-5-20-19(21-7-6-8-27-16(3)11-15(2)23-27)25-9-10-26(18(28)14-25)17-12-22-24(4)13-17/h11-13H,5-10,14H2,1-4H3,(H,20,21). The number of rotatable bonds is 6. The van der Waals surface area contributed by atoms with Gasteiger partial charge in [0.2, 0.25) is 5.91 Å². The monoisotopic (exact) mass is 386 g/mol. The van der Waals surface area contributed by atoms with Crippen LogP contribution in [0.1, 0.15) is 24.7 Å². The van der Waals surface area contributed by atoms with E-state index in [1.54, 1.807) is 15.8 Å². The van der Waals surface area contributed by atoms with Gasteiger partial charge in [0.25, 0.3) is 0 Å². The van der Waals surface area contributed by atoms with E-state index < -0.39 is 0 Å². The summed E-state index contributed by atoms with van der Waals surface area (Å²) in [5.41, 5.74) is 3.06. The molecule has 1 aliphatic rings. The molecule has 0 unspecified atom stereocenters. The fourth-order valence-corrected chi connectivity index (χ4v) is 3.41. The van der Waals surface area contributed by atoms with Gasteiger partial charge in [-0.05, 0) is 33.3 Å². The van der Waals surface area contributed by atoms with Gasteiger partial charge in [-0.3, -0.25) is 19.2 Å². The van der Waals surface area contributed by atoms with E-state index >= 15 is 0 Å². The Labute approximate surface area is 166 Å². The summed E-state index contributed by atoms with van der Waals surface area (Å²) in [6, 6.07) is 2.08. The minimum absolute atomic E-state index is 0.0625. The SMILES string of the molecule is CCNC(=NCCCn1nc(C)cc1C)N1CCN(c2cnn(C)c2)C(=O)C1. The van der Waals surface area contributed by atoms with Crippen LogP contribution in [0.5, 0.6) is 0 Å². The fraction of sp³-hybridized carbons (Fsp3) is 0.579. The Hall–Kier alpha value is -2.84. The second-order valence-electron chi connectivity index (χ2n) is 7.08. The molecule has 1 N–H and O–H groups in total. The molecule has 1 saturated heterocycles. The number of nitrogens with zero attached hydrogens (tertiary/aromatic N) is 7. The number of guanidine groups is 1. The molecule has 28 heavy (non-hydrogen) atoms. The van der Waals surface area contributed by atoms with Crippen LogP contribution in [-0.4, -0.2) is 69.1 Å². The molecule has 0 radical (unpaired) electrons. The third-order valence-electron chi connectivity index (χ3n) is 4.75. The van der Waals surface area contributed by atoms with Gasteiger partial charge >= 0.3 is 0 Å². The Morgan fingerprint density at radius 2 is 2.14 bits per heavy atom. The fourth-order valence-electron chi connectivity index (χ4n) is 3.41. The highest BCUT2D eigenvalue weighted by molar-refractivity contribution is 5.98. The quantitative estimate of drug-likeness (QED) is 0.454. The number of carbonyl (C=O) groups excluding carboxylic acids is 1. The van der Waals surface area contributed by atoms with Gasteiger partial charge in [0.15, 0.2) is 5.96 Å². The van der Waals surface area contributed by atoms with Gasteiger partial charge in [-0.1, -0.05) is 0 Å². The van der Waals surface area contributed by atoms with Crippen molar-refractivity contribution in [3.63, 3.8) is 0 Å². The molecule has 3 rings (SSSR count). The number of nitrogens with one attached hydrogen (secondary N) is 1. The van der Waals surface area contributed by atoms with Crippen molar-refractivity contribution in [3.8, 4) is 0 Å².